The van der Waals surface area contributed by atoms with Gasteiger partial charge < -0.3 is 20.9 Å². The van der Waals surface area contributed by atoms with Crippen LogP contribution >= 0.6 is 0 Å². The predicted octanol–water partition coefficient (Wildman–Crippen LogP) is 4.25. The number of carbonyl (C=O) groups is 3. The van der Waals surface area contributed by atoms with E-state index in [1.807, 2.05) is 35.2 Å². The van der Waals surface area contributed by atoms with Crippen LogP contribution in [0.15, 0.2) is 54.6 Å². The molecule has 2 aliphatic rings. The second-order valence-corrected chi connectivity index (χ2v) is 10.8. The lowest BCUT2D eigenvalue weighted by atomic mass is 9.77. The normalized spacial score (nSPS) is 17.8. The van der Waals surface area contributed by atoms with Gasteiger partial charge in [0.25, 0.3) is 5.91 Å². The van der Waals surface area contributed by atoms with Crippen molar-refractivity contribution in [2.45, 2.75) is 64.0 Å². The van der Waals surface area contributed by atoms with Crippen molar-refractivity contribution in [3.63, 3.8) is 0 Å². The Kier molecular flexibility index (Phi) is 9.72. The number of nitrogens with one attached hydrogen (secondary N) is 3. The van der Waals surface area contributed by atoms with Gasteiger partial charge in [-0.3, -0.25) is 14.4 Å². The molecule has 206 valence electrons. The minimum atomic E-state index is -0.880. The highest BCUT2D eigenvalue weighted by Gasteiger charge is 2.44. The molecule has 2 aromatic carbocycles. The van der Waals surface area contributed by atoms with E-state index in [2.05, 4.69) is 22.0 Å². The highest BCUT2D eigenvalue weighted by atomic mass is 16.2. The molecule has 1 saturated heterocycles. The topological polar surface area (TPSA) is 114 Å². The van der Waals surface area contributed by atoms with E-state index < -0.39 is 11.5 Å². The Labute approximate surface area is 231 Å². The van der Waals surface area contributed by atoms with Crippen molar-refractivity contribution < 1.29 is 14.4 Å². The van der Waals surface area contributed by atoms with E-state index in [-0.39, 0.29) is 30.2 Å². The number of benzene rings is 2. The number of hydrogen-bond donors (Lipinski definition) is 3. The van der Waals surface area contributed by atoms with Gasteiger partial charge in [-0.15, -0.1) is 0 Å². The van der Waals surface area contributed by atoms with E-state index in [1.165, 1.54) is 6.92 Å². The minimum absolute atomic E-state index is 0.0458. The summed E-state index contributed by atoms with van der Waals surface area (Å²) in [5.41, 5.74) is 1.19. The molecule has 1 heterocycles. The molecule has 8 heteroatoms. The van der Waals surface area contributed by atoms with E-state index in [4.69, 9.17) is 0 Å². The van der Waals surface area contributed by atoms with Crippen LogP contribution in [0.25, 0.3) is 0 Å². The third-order valence-electron chi connectivity index (χ3n) is 8.09. The zero-order valence-corrected chi connectivity index (χ0v) is 22.7. The van der Waals surface area contributed by atoms with Crippen LogP contribution in [-0.4, -0.2) is 47.8 Å². The van der Waals surface area contributed by atoms with Gasteiger partial charge in [-0.05, 0) is 74.5 Å². The van der Waals surface area contributed by atoms with Crippen LogP contribution < -0.4 is 16.0 Å². The minimum Gasteiger partial charge on any atom is -0.351 e. The summed E-state index contributed by atoms with van der Waals surface area (Å²) in [6, 6.07) is 19.1. The number of nitrogens with zero attached hydrogens (tertiary/aromatic N) is 2. The fraction of sp³-hybridized carbons (Fsp3) is 0.484. The van der Waals surface area contributed by atoms with Gasteiger partial charge in [-0.1, -0.05) is 49.6 Å². The Bertz CT molecular complexity index is 1160. The summed E-state index contributed by atoms with van der Waals surface area (Å²) in [5.74, 6) is -0.730. The molecule has 4 rings (SSSR count). The molecule has 2 aromatic rings. The Hall–Kier alpha value is -3.70. The Morgan fingerprint density at radius 3 is 2.31 bits per heavy atom. The summed E-state index contributed by atoms with van der Waals surface area (Å²) in [6.45, 7) is 3.40. The lowest BCUT2D eigenvalue weighted by molar-refractivity contribution is -0.144. The molecule has 8 nitrogen and oxygen atoms in total. The Morgan fingerprint density at radius 1 is 1.03 bits per heavy atom. The molecule has 39 heavy (non-hydrogen) atoms. The summed E-state index contributed by atoms with van der Waals surface area (Å²) in [5, 5.41) is 19.5. The van der Waals surface area contributed by atoms with Crippen molar-refractivity contribution >= 4 is 23.4 Å². The number of carbonyl (C=O) groups excluding carboxylic acids is 3. The number of nitriles is 1. The van der Waals surface area contributed by atoms with Crippen LogP contribution in [0.3, 0.4) is 0 Å². The van der Waals surface area contributed by atoms with E-state index in [0.717, 1.165) is 37.7 Å². The fourth-order valence-electron chi connectivity index (χ4n) is 5.89. The highest BCUT2D eigenvalue weighted by molar-refractivity contribution is 5.95. The van der Waals surface area contributed by atoms with Gasteiger partial charge in [0.05, 0.1) is 12.0 Å². The molecular weight excluding hydrogens is 490 g/mol. The van der Waals surface area contributed by atoms with Crippen LogP contribution in [0.2, 0.25) is 0 Å². The summed E-state index contributed by atoms with van der Waals surface area (Å²) in [7, 11) is 0. The summed E-state index contributed by atoms with van der Waals surface area (Å²) in [4.78, 5) is 40.7. The van der Waals surface area contributed by atoms with Crippen molar-refractivity contribution in [3.05, 3.63) is 65.7 Å². The van der Waals surface area contributed by atoms with Crippen molar-refractivity contribution in [2.24, 2.45) is 11.8 Å². The van der Waals surface area contributed by atoms with Crippen LogP contribution in [0.4, 0.5) is 5.69 Å². The lowest BCUT2D eigenvalue weighted by Crippen LogP contribution is -2.58. The molecule has 1 aliphatic carbocycles. The number of anilines is 1. The zero-order valence-electron chi connectivity index (χ0n) is 22.7. The average molecular weight is 530 g/mol. The van der Waals surface area contributed by atoms with E-state index in [0.29, 0.717) is 43.7 Å². The van der Waals surface area contributed by atoms with Crippen LogP contribution in [0, 0.1) is 23.2 Å². The Balaban J connectivity index is 1.57. The first-order valence-electron chi connectivity index (χ1n) is 14.0. The molecule has 0 spiro atoms. The first kappa shape index (κ1) is 28.3. The van der Waals surface area contributed by atoms with E-state index in [9.17, 15) is 19.6 Å². The fourth-order valence-corrected chi connectivity index (χ4v) is 5.89. The van der Waals surface area contributed by atoms with Gasteiger partial charge >= 0.3 is 0 Å². The first-order valence-corrected chi connectivity index (χ1v) is 14.0. The highest BCUT2D eigenvalue weighted by Crippen LogP contribution is 2.35. The lowest BCUT2D eigenvalue weighted by Gasteiger charge is -2.44. The predicted molar refractivity (Wildman–Crippen MR) is 151 cm³/mol. The van der Waals surface area contributed by atoms with Gasteiger partial charge in [0, 0.05) is 31.3 Å². The van der Waals surface area contributed by atoms with E-state index >= 15 is 0 Å². The van der Waals surface area contributed by atoms with Crippen LogP contribution in [0.1, 0.15) is 67.8 Å². The summed E-state index contributed by atoms with van der Waals surface area (Å²) >= 11 is 0. The molecule has 1 unspecified atom stereocenters. The SMILES string of the molecule is CC(=O)Nc1ccc(C(=O)NCC(C(=O)N(Cc2ccccc2)C2(C#N)CCNCC2)C2CCCCC2)cc1. The Morgan fingerprint density at radius 2 is 1.69 bits per heavy atom. The third-order valence-corrected chi connectivity index (χ3v) is 8.09. The largest absolute Gasteiger partial charge is 0.351 e. The van der Waals surface area contributed by atoms with Gasteiger partial charge in [-0.25, -0.2) is 0 Å². The monoisotopic (exact) mass is 529 g/mol. The molecule has 0 radical (unpaired) electrons. The second kappa shape index (κ2) is 13.4. The second-order valence-electron chi connectivity index (χ2n) is 10.8. The van der Waals surface area contributed by atoms with Crippen LogP contribution in [0.5, 0.6) is 0 Å². The maximum Gasteiger partial charge on any atom is 0.251 e. The molecule has 1 aliphatic heterocycles. The summed E-state index contributed by atoms with van der Waals surface area (Å²) < 4.78 is 0. The maximum absolute atomic E-state index is 14.5. The summed E-state index contributed by atoms with van der Waals surface area (Å²) in [6.07, 6.45) is 6.33. The van der Waals surface area contributed by atoms with Crippen molar-refractivity contribution in [1.29, 1.82) is 5.26 Å². The average Bonchev–Trinajstić information content (AvgIpc) is 2.97. The smallest absolute Gasteiger partial charge is 0.251 e. The molecule has 0 bridgehead atoms. The molecular formula is C31H39N5O3. The van der Waals surface area contributed by atoms with Crippen molar-refractivity contribution in [1.82, 2.24) is 15.5 Å². The van der Waals surface area contributed by atoms with Crippen molar-refractivity contribution in [2.75, 3.05) is 25.0 Å². The number of hydrogen-bond acceptors (Lipinski definition) is 5. The number of amides is 3. The molecule has 3 N–H and O–H groups in total. The molecule has 2 fully saturated rings. The van der Waals surface area contributed by atoms with Gasteiger partial charge in [0.15, 0.2) is 0 Å². The van der Waals surface area contributed by atoms with Crippen LogP contribution in [-0.2, 0) is 16.1 Å². The first-order chi connectivity index (χ1) is 18.9. The van der Waals surface area contributed by atoms with E-state index in [1.54, 1.807) is 24.3 Å². The third kappa shape index (κ3) is 7.24. The molecule has 0 aromatic heterocycles. The quantitative estimate of drug-likeness (QED) is 0.449. The van der Waals surface area contributed by atoms with Gasteiger partial charge in [-0.2, -0.15) is 5.26 Å². The number of piperidine rings is 1. The molecule has 1 atom stereocenters. The number of rotatable bonds is 9. The standard InChI is InChI=1S/C31H39N5O3/c1-23(37)35-27-14-12-26(13-15-27)29(38)34-20-28(25-10-6-3-7-11-25)30(39)36(21-24-8-4-2-5-9-24)31(22-32)16-18-33-19-17-31/h2,4-5,8-9,12-15,25,28,33H,3,6-7,10-11,16-21H2,1H3,(H,34,38)(H,35,37). The zero-order chi connectivity index (χ0) is 27.7. The van der Waals surface area contributed by atoms with Crippen molar-refractivity contribution in [3.8, 4) is 6.07 Å². The maximum atomic E-state index is 14.5. The van der Waals surface area contributed by atoms with Gasteiger partial charge in [0.2, 0.25) is 11.8 Å². The molecule has 3 amide bonds. The molecule has 1 saturated carbocycles. The van der Waals surface area contributed by atoms with Gasteiger partial charge in [0.1, 0.15) is 5.54 Å².